The number of thiazole rings is 1. The maximum Gasteiger partial charge on any atom is 0.335 e. The van der Waals surface area contributed by atoms with E-state index in [9.17, 15) is 19.1 Å². The van der Waals surface area contributed by atoms with Gasteiger partial charge in [0.15, 0.2) is 5.01 Å². The number of nitrogens with one attached hydrogen (secondary N) is 1. The zero-order chi connectivity index (χ0) is 30.1. The number of aromatic carboxylic acids is 1. The number of carbonyl (C=O) groups is 2. The van der Waals surface area contributed by atoms with Crippen molar-refractivity contribution in [2.75, 3.05) is 7.05 Å². The molecule has 0 saturated heterocycles. The highest BCUT2D eigenvalue weighted by atomic mass is 35.5. The molecule has 228 valence electrons. The summed E-state index contributed by atoms with van der Waals surface area (Å²) in [6.07, 6.45) is 5.14. The largest absolute Gasteiger partial charge is 0.488 e. The molecule has 1 aliphatic carbocycles. The van der Waals surface area contributed by atoms with Crippen LogP contribution in [0.5, 0.6) is 5.75 Å². The van der Waals surface area contributed by atoms with Crippen molar-refractivity contribution in [1.82, 2.24) is 19.9 Å². The van der Waals surface area contributed by atoms with Crippen LogP contribution in [0.1, 0.15) is 63.2 Å². The van der Waals surface area contributed by atoms with Crippen LogP contribution in [0, 0.1) is 11.6 Å². The minimum atomic E-state index is -1.05. The van der Waals surface area contributed by atoms with Crippen LogP contribution in [0.3, 0.4) is 0 Å². The van der Waals surface area contributed by atoms with Gasteiger partial charge in [-0.2, -0.15) is 0 Å². The molecule has 2 N–H and O–H groups in total. The molecular weight excluding hydrogens is 610 g/mol. The number of halogens is 3. The second kappa shape index (κ2) is 13.1. The fourth-order valence-electron chi connectivity index (χ4n) is 5.53. The molecule has 2 aromatic heterocycles. The molecule has 2 heterocycles. The summed E-state index contributed by atoms with van der Waals surface area (Å²) in [4.78, 5) is 33.6. The predicted octanol–water partition coefficient (Wildman–Crippen LogP) is 7.67. The molecule has 1 amide bonds. The SMILES string of the molecule is CNC(=O)c1nc(-c2ccc(F)cc2)c(COc2ccc(-c3nc4cc(C(=O)O)ccc4n3C3CCCCC3)c(F)c2)s1.Cl. The van der Waals surface area contributed by atoms with Gasteiger partial charge in [0.05, 0.1) is 32.7 Å². The Balaban J connectivity index is 0.00000384. The fraction of sp³-hybridized carbons (Fsp3) is 0.250. The summed E-state index contributed by atoms with van der Waals surface area (Å²) in [5.41, 5.74) is 2.81. The molecule has 6 rings (SSSR count). The van der Waals surface area contributed by atoms with Gasteiger partial charge < -0.3 is 19.7 Å². The molecule has 8 nitrogen and oxygen atoms in total. The zero-order valence-corrected chi connectivity index (χ0v) is 25.3. The predicted molar refractivity (Wildman–Crippen MR) is 167 cm³/mol. The van der Waals surface area contributed by atoms with E-state index in [1.165, 1.54) is 31.3 Å². The third-order valence-corrected chi connectivity index (χ3v) is 8.69. The molecule has 1 saturated carbocycles. The third kappa shape index (κ3) is 6.15. The van der Waals surface area contributed by atoms with Crippen LogP contribution >= 0.6 is 23.7 Å². The molecule has 5 aromatic rings. The Morgan fingerprint density at radius 2 is 1.77 bits per heavy atom. The van der Waals surface area contributed by atoms with E-state index in [0.717, 1.165) is 49.0 Å². The van der Waals surface area contributed by atoms with Crippen LogP contribution in [0.25, 0.3) is 33.7 Å². The lowest BCUT2D eigenvalue weighted by Crippen LogP contribution is -2.17. The Morgan fingerprint density at radius 3 is 2.45 bits per heavy atom. The average Bonchev–Trinajstić information content (AvgIpc) is 3.62. The van der Waals surface area contributed by atoms with E-state index in [0.29, 0.717) is 27.5 Å². The van der Waals surface area contributed by atoms with Gasteiger partial charge in [0.2, 0.25) is 0 Å². The van der Waals surface area contributed by atoms with Gasteiger partial charge in [-0.15, -0.1) is 23.7 Å². The van der Waals surface area contributed by atoms with E-state index < -0.39 is 17.6 Å². The summed E-state index contributed by atoms with van der Waals surface area (Å²) in [6, 6.07) is 15.3. The molecular formula is C32H29ClF2N4O4S. The van der Waals surface area contributed by atoms with Crippen molar-refractivity contribution in [3.8, 4) is 28.4 Å². The average molecular weight is 639 g/mol. The number of benzene rings is 3. The van der Waals surface area contributed by atoms with Gasteiger partial charge in [0, 0.05) is 24.7 Å². The van der Waals surface area contributed by atoms with Crippen molar-refractivity contribution in [2.24, 2.45) is 0 Å². The summed E-state index contributed by atoms with van der Waals surface area (Å²) in [6.45, 7) is 0.0126. The van der Waals surface area contributed by atoms with Crippen molar-refractivity contribution in [2.45, 2.75) is 44.8 Å². The maximum absolute atomic E-state index is 15.8. The van der Waals surface area contributed by atoms with E-state index in [-0.39, 0.29) is 52.8 Å². The van der Waals surface area contributed by atoms with Gasteiger partial charge in [-0.1, -0.05) is 19.3 Å². The van der Waals surface area contributed by atoms with Gasteiger partial charge in [-0.05, 0) is 67.4 Å². The molecule has 0 unspecified atom stereocenters. The van der Waals surface area contributed by atoms with Crippen LogP contribution in [-0.2, 0) is 6.61 Å². The molecule has 1 aliphatic rings. The molecule has 0 bridgehead atoms. The number of ether oxygens (including phenoxy) is 1. The van der Waals surface area contributed by atoms with E-state index in [1.807, 2.05) is 4.57 Å². The minimum Gasteiger partial charge on any atom is -0.488 e. The topological polar surface area (TPSA) is 106 Å². The summed E-state index contributed by atoms with van der Waals surface area (Å²) in [7, 11) is 1.51. The number of carboxylic acids is 1. The quantitative estimate of drug-likeness (QED) is 0.181. The Morgan fingerprint density at radius 1 is 1.02 bits per heavy atom. The van der Waals surface area contributed by atoms with Gasteiger partial charge in [-0.3, -0.25) is 4.79 Å². The monoisotopic (exact) mass is 638 g/mol. The number of carboxylic acid groups (broad SMARTS) is 1. The highest BCUT2D eigenvalue weighted by Crippen LogP contribution is 2.38. The number of amides is 1. The van der Waals surface area contributed by atoms with Crippen molar-refractivity contribution in [3.05, 3.63) is 87.7 Å². The van der Waals surface area contributed by atoms with Crippen LogP contribution in [0.15, 0.2) is 60.7 Å². The van der Waals surface area contributed by atoms with E-state index >= 15 is 4.39 Å². The summed E-state index contributed by atoms with van der Waals surface area (Å²) < 4.78 is 37.3. The summed E-state index contributed by atoms with van der Waals surface area (Å²) >= 11 is 1.15. The first-order valence-corrected chi connectivity index (χ1v) is 14.8. The van der Waals surface area contributed by atoms with Gasteiger partial charge >= 0.3 is 5.97 Å². The summed E-state index contributed by atoms with van der Waals surface area (Å²) in [5, 5.41) is 12.3. The Bertz CT molecular complexity index is 1830. The first kappa shape index (κ1) is 31.1. The number of aromatic nitrogens is 3. The van der Waals surface area contributed by atoms with Gasteiger partial charge in [0.25, 0.3) is 5.91 Å². The van der Waals surface area contributed by atoms with Crippen LogP contribution in [-0.4, -0.2) is 38.6 Å². The third-order valence-electron chi connectivity index (χ3n) is 7.66. The van der Waals surface area contributed by atoms with Crippen LogP contribution in [0.4, 0.5) is 8.78 Å². The second-order valence-electron chi connectivity index (χ2n) is 10.4. The number of rotatable bonds is 8. The zero-order valence-electron chi connectivity index (χ0n) is 23.7. The van der Waals surface area contributed by atoms with E-state index in [2.05, 4.69) is 10.3 Å². The Hall–Kier alpha value is -4.35. The molecule has 44 heavy (non-hydrogen) atoms. The lowest BCUT2D eigenvalue weighted by atomic mass is 9.94. The minimum absolute atomic E-state index is 0. The lowest BCUT2D eigenvalue weighted by Gasteiger charge is -2.25. The molecule has 0 atom stereocenters. The highest BCUT2D eigenvalue weighted by molar-refractivity contribution is 7.14. The fourth-order valence-corrected chi connectivity index (χ4v) is 6.48. The Kier molecular flexibility index (Phi) is 9.26. The molecule has 3 aromatic carbocycles. The van der Waals surface area contributed by atoms with Crippen LogP contribution in [0.2, 0.25) is 0 Å². The molecule has 12 heteroatoms. The Labute approximate surface area is 262 Å². The van der Waals surface area contributed by atoms with E-state index in [1.54, 1.807) is 36.4 Å². The van der Waals surface area contributed by atoms with E-state index in [4.69, 9.17) is 9.72 Å². The number of fused-ring (bicyclic) bond motifs is 1. The molecule has 0 radical (unpaired) electrons. The summed E-state index contributed by atoms with van der Waals surface area (Å²) in [5.74, 6) is -1.60. The van der Waals surface area contributed by atoms with Gasteiger partial charge in [-0.25, -0.2) is 23.5 Å². The standard InChI is InChI=1S/C32H28F2N4O4S.ClH/c1-35-30(39)31-37-28(18-7-10-20(33)11-8-18)27(43-31)17-42-22-12-13-23(24(34)16-22)29-36-25-15-19(32(40)41)9-14-26(25)38(29)21-5-3-2-4-6-21;/h7-16,21H,2-6,17H2,1H3,(H,35,39)(H,40,41);1H. The number of imidazole rings is 1. The first-order chi connectivity index (χ1) is 20.8. The number of nitrogens with zero attached hydrogens (tertiary/aromatic N) is 3. The van der Waals surface area contributed by atoms with Crippen molar-refractivity contribution in [1.29, 1.82) is 0 Å². The smallest absolute Gasteiger partial charge is 0.335 e. The second-order valence-corrected chi connectivity index (χ2v) is 11.5. The van der Waals surface area contributed by atoms with Crippen molar-refractivity contribution >= 4 is 46.7 Å². The molecule has 1 fully saturated rings. The number of carbonyl (C=O) groups excluding carboxylic acids is 1. The normalized spacial score (nSPS) is 13.4. The first-order valence-electron chi connectivity index (χ1n) is 14.0. The molecule has 0 spiro atoms. The maximum atomic E-state index is 15.8. The number of hydrogen-bond acceptors (Lipinski definition) is 6. The van der Waals surface area contributed by atoms with Gasteiger partial charge in [0.1, 0.15) is 29.8 Å². The van der Waals surface area contributed by atoms with Crippen LogP contribution < -0.4 is 10.1 Å². The van der Waals surface area contributed by atoms with Crippen molar-refractivity contribution in [3.63, 3.8) is 0 Å². The lowest BCUT2D eigenvalue weighted by molar-refractivity contribution is 0.0696. The van der Waals surface area contributed by atoms with Crippen molar-refractivity contribution < 1.29 is 28.2 Å². The highest BCUT2D eigenvalue weighted by Gasteiger charge is 2.25. The number of hydrogen-bond donors (Lipinski definition) is 2. The molecule has 0 aliphatic heterocycles.